The van der Waals surface area contributed by atoms with Gasteiger partial charge in [-0.25, -0.2) is 4.79 Å². The zero-order valence-corrected chi connectivity index (χ0v) is 16.4. The molecule has 0 saturated heterocycles. The number of carbonyl (C=O) groups is 2. The van der Waals surface area contributed by atoms with Crippen LogP contribution in [0.15, 0.2) is 52.9 Å². The molecule has 0 unspecified atom stereocenters. The van der Waals surface area contributed by atoms with Gasteiger partial charge in [-0.1, -0.05) is 18.2 Å². The van der Waals surface area contributed by atoms with E-state index >= 15 is 0 Å². The van der Waals surface area contributed by atoms with Crippen molar-refractivity contribution in [3.8, 4) is 5.75 Å². The largest absolute Gasteiger partial charge is 0.487 e. The molecule has 9 heteroatoms. The number of hydrogen-bond donors (Lipinski definition) is 1. The lowest BCUT2D eigenvalue weighted by atomic mass is 10.2. The summed E-state index contributed by atoms with van der Waals surface area (Å²) in [5, 5.41) is 14.8. The zero-order valence-electron chi connectivity index (χ0n) is 16.4. The molecular formula is C21H20N2O7. The third-order valence-electron chi connectivity index (χ3n) is 4.27. The second-order valence-electron chi connectivity index (χ2n) is 6.42. The fraction of sp³-hybridized carbons (Fsp3) is 0.238. The Bertz CT molecular complexity index is 1060. The first-order valence-electron chi connectivity index (χ1n) is 9.25. The summed E-state index contributed by atoms with van der Waals surface area (Å²) in [5.74, 6) is -0.765. The maximum atomic E-state index is 12.2. The maximum Gasteiger partial charge on any atom is 0.338 e. The number of benzene rings is 2. The van der Waals surface area contributed by atoms with Gasteiger partial charge in [-0.15, -0.1) is 0 Å². The Morgan fingerprint density at radius 2 is 1.97 bits per heavy atom. The molecule has 1 N–H and O–H groups in total. The molecule has 3 rings (SSSR count). The summed E-state index contributed by atoms with van der Waals surface area (Å²) in [6, 6.07) is 12.6. The molecule has 1 heterocycles. The normalized spacial score (nSPS) is 11.7. The van der Waals surface area contributed by atoms with E-state index in [4.69, 9.17) is 13.9 Å². The summed E-state index contributed by atoms with van der Waals surface area (Å²) in [5.41, 5.74) is 0.301. The van der Waals surface area contributed by atoms with Gasteiger partial charge in [0, 0.05) is 11.5 Å². The van der Waals surface area contributed by atoms with Crippen LogP contribution < -0.4 is 10.1 Å². The Balaban J connectivity index is 1.59. The van der Waals surface area contributed by atoms with E-state index in [1.54, 1.807) is 13.8 Å². The minimum Gasteiger partial charge on any atom is -0.487 e. The quantitative estimate of drug-likeness (QED) is 0.339. The van der Waals surface area contributed by atoms with Crippen molar-refractivity contribution in [3.63, 3.8) is 0 Å². The van der Waals surface area contributed by atoms with Gasteiger partial charge in [0.1, 0.15) is 11.3 Å². The van der Waals surface area contributed by atoms with E-state index in [-0.39, 0.29) is 23.6 Å². The van der Waals surface area contributed by atoms with Crippen molar-refractivity contribution in [2.24, 2.45) is 0 Å². The summed E-state index contributed by atoms with van der Waals surface area (Å²) in [7, 11) is 0. The topological polar surface area (TPSA) is 121 Å². The van der Waals surface area contributed by atoms with E-state index in [0.717, 1.165) is 11.5 Å². The van der Waals surface area contributed by atoms with Crippen molar-refractivity contribution in [2.75, 3.05) is 13.2 Å². The lowest BCUT2D eigenvalue weighted by molar-refractivity contribution is -0.385. The average molecular weight is 412 g/mol. The van der Waals surface area contributed by atoms with Gasteiger partial charge >= 0.3 is 11.7 Å². The Labute approximate surface area is 171 Å². The van der Waals surface area contributed by atoms with Crippen molar-refractivity contribution >= 4 is 28.5 Å². The van der Waals surface area contributed by atoms with Crippen LogP contribution in [0.25, 0.3) is 11.0 Å². The lowest BCUT2D eigenvalue weighted by Crippen LogP contribution is -2.31. The van der Waals surface area contributed by atoms with E-state index in [1.807, 2.05) is 30.3 Å². The summed E-state index contributed by atoms with van der Waals surface area (Å²) in [4.78, 5) is 34.8. The van der Waals surface area contributed by atoms with Gasteiger partial charge in [-0.3, -0.25) is 14.9 Å². The summed E-state index contributed by atoms with van der Waals surface area (Å²) < 4.78 is 15.8. The van der Waals surface area contributed by atoms with Gasteiger partial charge in [0.05, 0.1) is 23.1 Å². The van der Waals surface area contributed by atoms with Gasteiger partial charge in [0.25, 0.3) is 5.91 Å². The number of amides is 1. The van der Waals surface area contributed by atoms with E-state index in [2.05, 4.69) is 5.32 Å². The summed E-state index contributed by atoms with van der Waals surface area (Å²) in [6.45, 7) is 3.14. The number of rotatable bonds is 8. The molecular weight excluding hydrogens is 392 g/mol. The first-order chi connectivity index (χ1) is 14.4. The number of nitro benzene ring substituents is 1. The Hall–Kier alpha value is -3.88. The standard InChI is InChI=1S/C21H20N2O7/c1-3-28-18-9-8-15(10-16(18)23(26)27)21(25)29-12-20(24)22-13(2)19-11-14-6-4-5-7-17(14)30-19/h4-11,13H,3,12H2,1-2H3,(H,22,24)/t13-/m1/s1. The fourth-order valence-corrected chi connectivity index (χ4v) is 2.85. The molecule has 0 aliphatic carbocycles. The number of ether oxygens (including phenoxy) is 2. The minimum absolute atomic E-state index is 0.0523. The van der Waals surface area contributed by atoms with Crippen molar-refractivity contribution in [1.29, 1.82) is 0 Å². The van der Waals surface area contributed by atoms with E-state index < -0.39 is 29.4 Å². The number of furan rings is 1. The molecule has 1 aromatic heterocycles. The molecule has 0 saturated carbocycles. The van der Waals surface area contributed by atoms with E-state index in [9.17, 15) is 19.7 Å². The molecule has 1 amide bonds. The average Bonchev–Trinajstić information content (AvgIpc) is 3.17. The molecule has 0 fully saturated rings. The van der Waals surface area contributed by atoms with Crippen LogP contribution in [0, 0.1) is 10.1 Å². The number of carbonyl (C=O) groups excluding carboxylic acids is 2. The smallest absolute Gasteiger partial charge is 0.338 e. The van der Waals surface area contributed by atoms with Crippen LogP contribution >= 0.6 is 0 Å². The Morgan fingerprint density at radius 3 is 2.67 bits per heavy atom. The highest BCUT2D eigenvalue weighted by Crippen LogP contribution is 2.28. The molecule has 0 spiro atoms. The predicted molar refractivity (Wildman–Crippen MR) is 107 cm³/mol. The molecule has 3 aromatic rings. The third-order valence-corrected chi connectivity index (χ3v) is 4.27. The van der Waals surface area contributed by atoms with Crippen LogP contribution in [0.3, 0.4) is 0 Å². The molecule has 9 nitrogen and oxygen atoms in total. The van der Waals surface area contributed by atoms with Gasteiger partial charge in [0.2, 0.25) is 0 Å². The molecule has 0 bridgehead atoms. The third kappa shape index (κ3) is 4.75. The second-order valence-corrected chi connectivity index (χ2v) is 6.42. The van der Waals surface area contributed by atoms with E-state index in [1.165, 1.54) is 12.1 Å². The van der Waals surface area contributed by atoms with Crippen LogP contribution in [0.1, 0.15) is 36.0 Å². The zero-order chi connectivity index (χ0) is 21.7. The molecule has 0 aliphatic heterocycles. The minimum atomic E-state index is -0.854. The van der Waals surface area contributed by atoms with Crippen LogP contribution in [0.4, 0.5) is 5.69 Å². The van der Waals surface area contributed by atoms with Crippen LogP contribution in [0.5, 0.6) is 5.75 Å². The molecule has 1 atom stereocenters. The highest BCUT2D eigenvalue weighted by molar-refractivity contribution is 5.92. The number of para-hydroxylation sites is 1. The number of esters is 1. The summed E-state index contributed by atoms with van der Waals surface area (Å²) in [6.07, 6.45) is 0. The van der Waals surface area contributed by atoms with E-state index in [0.29, 0.717) is 11.3 Å². The monoisotopic (exact) mass is 412 g/mol. The van der Waals surface area contributed by atoms with Gasteiger partial charge in [-0.05, 0) is 38.1 Å². The number of hydrogen-bond acceptors (Lipinski definition) is 7. The van der Waals surface area contributed by atoms with Crippen molar-refractivity contribution in [3.05, 3.63) is 70.0 Å². The highest BCUT2D eigenvalue weighted by atomic mass is 16.6. The maximum absolute atomic E-state index is 12.2. The SMILES string of the molecule is CCOc1ccc(C(=O)OCC(=O)N[C@H](C)c2cc3ccccc3o2)cc1[N+](=O)[O-]. The van der Waals surface area contributed by atoms with Crippen LogP contribution in [-0.2, 0) is 9.53 Å². The molecule has 0 radical (unpaired) electrons. The first kappa shape index (κ1) is 20.8. The summed E-state index contributed by atoms with van der Waals surface area (Å²) >= 11 is 0. The number of fused-ring (bicyclic) bond motifs is 1. The Kier molecular flexibility index (Phi) is 6.31. The fourth-order valence-electron chi connectivity index (χ4n) is 2.85. The van der Waals surface area contributed by atoms with Crippen LogP contribution in [-0.4, -0.2) is 30.0 Å². The Morgan fingerprint density at radius 1 is 1.20 bits per heavy atom. The first-order valence-corrected chi connectivity index (χ1v) is 9.25. The molecule has 30 heavy (non-hydrogen) atoms. The lowest BCUT2D eigenvalue weighted by Gasteiger charge is -2.12. The van der Waals surface area contributed by atoms with Crippen LogP contribution in [0.2, 0.25) is 0 Å². The predicted octanol–water partition coefficient (Wildman–Crippen LogP) is 3.77. The van der Waals surface area contributed by atoms with Gasteiger partial charge in [0.15, 0.2) is 12.4 Å². The van der Waals surface area contributed by atoms with Crippen molar-refractivity contribution in [2.45, 2.75) is 19.9 Å². The number of nitrogens with zero attached hydrogens (tertiary/aromatic N) is 1. The van der Waals surface area contributed by atoms with Crippen molar-refractivity contribution < 1.29 is 28.4 Å². The second kappa shape index (κ2) is 9.08. The highest BCUT2D eigenvalue weighted by Gasteiger charge is 2.20. The number of nitrogens with one attached hydrogen (secondary N) is 1. The molecule has 2 aromatic carbocycles. The van der Waals surface area contributed by atoms with Gasteiger partial charge in [-0.2, -0.15) is 0 Å². The molecule has 0 aliphatic rings. The van der Waals surface area contributed by atoms with Gasteiger partial charge < -0.3 is 19.2 Å². The number of nitro groups is 1. The molecule has 156 valence electrons. The van der Waals surface area contributed by atoms with Crippen molar-refractivity contribution in [1.82, 2.24) is 5.32 Å².